The highest BCUT2D eigenvalue weighted by molar-refractivity contribution is 5.91. The number of nitrogens with one attached hydrogen (secondary N) is 2. The van der Waals surface area contributed by atoms with Gasteiger partial charge < -0.3 is 10.3 Å². The van der Waals surface area contributed by atoms with Crippen LogP contribution in [0.5, 0.6) is 0 Å². The van der Waals surface area contributed by atoms with Crippen molar-refractivity contribution in [2.75, 3.05) is 5.32 Å². The number of hydrogen-bond acceptors (Lipinski definition) is 2. The predicted molar refractivity (Wildman–Crippen MR) is 97.4 cm³/mol. The highest BCUT2D eigenvalue weighted by atomic mass is 16.1. The zero-order valence-corrected chi connectivity index (χ0v) is 13.8. The highest BCUT2D eigenvalue weighted by Crippen LogP contribution is 2.17. The maximum absolute atomic E-state index is 12.2. The topological polar surface area (TPSA) is 62.0 Å². The van der Waals surface area contributed by atoms with Gasteiger partial charge in [-0.25, -0.2) is 0 Å². The van der Waals surface area contributed by atoms with Crippen LogP contribution in [0, 0.1) is 13.8 Å². The number of aromatic amines is 1. The summed E-state index contributed by atoms with van der Waals surface area (Å²) in [5.41, 5.74) is 4.26. The second-order valence-corrected chi connectivity index (χ2v) is 6.08. The van der Waals surface area contributed by atoms with Crippen LogP contribution >= 0.6 is 0 Å². The van der Waals surface area contributed by atoms with Crippen LogP contribution in [-0.4, -0.2) is 10.9 Å². The van der Waals surface area contributed by atoms with Crippen molar-refractivity contribution >= 4 is 22.5 Å². The van der Waals surface area contributed by atoms with Crippen LogP contribution in [0.4, 0.5) is 5.69 Å². The lowest BCUT2D eigenvalue weighted by atomic mass is 10.1. The van der Waals surface area contributed by atoms with Gasteiger partial charge in [-0.1, -0.05) is 30.3 Å². The van der Waals surface area contributed by atoms with Gasteiger partial charge >= 0.3 is 0 Å². The van der Waals surface area contributed by atoms with Crippen LogP contribution in [0.2, 0.25) is 0 Å². The van der Waals surface area contributed by atoms with Gasteiger partial charge in [0.1, 0.15) is 0 Å². The molecule has 3 aromatic rings. The molecule has 1 heterocycles. The molecule has 2 N–H and O–H groups in total. The number of carbonyl (C=O) groups is 1. The molecule has 0 aliphatic rings. The van der Waals surface area contributed by atoms with Crippen molar-refractivity contribution in [1.82, 2.24) is 4.98 Å². The van der Waals surface area contributed by atoms with E-state index < -0.39 is 0 Å². The number of amides is 1. The fourth-order valence-electron chi connectivity index (χ4n) is 2.71. The van der Waals surface area contributed by atoms with E-state index in [4.69, 9.17) is 0 Å². The smallest absolute Gasteiger partial charge is 0.251 e. The number of carbonyl (C=O) groups excluding carboxylic acids is 1. The van der Waals surface area contributed by atoms with E-state index in [0.29, 0.717) is 12.0 Å². The molecule has 24 heavy (non-hydrogen) atoms. The van der Waals surface area contributed by atoms with Crippen molar-refractivity contribution in [1.29, 1.82) is 0 Å². The third-order valence-corrected chi connectivity index (χ3v) is 4.12. The number of para-hydroxylation sites is 1. The van der Waals surface area contributed by atoms with Crippen molar-refractivity contribution < 1.29 is 4.79 Å². The molecule has 0 spiro atoms. The molecule has 0 fully saturated rings. The van der Waals surface area contributed by atoms with Gasteiger partial charge in [-0.3, -0.25) is 9.59 Å². The van der Waals surface area contributed by atoms with Gasteiger partial charge in [-0.05, 0) is 55.0 Å². The Morgan fingerprint density at radius 1 is 1.08 bits per heavy atom. The Labute approximate surface area is 140 Å². The first kappa shape index (κ1) is 16.0. The number of H-pyrrole nitrogens is 1. The molecule has 0 saturated carbocycles. The molecule has 0 atom stereocenters. The monoisotopic (exact) mass is 320 g/mol. The number of anilines is 1. The third kappa shape index (κ3) is 3.54. The molecule has 0 unspecified atom stereocenters. The number of pyridine rings is 1. The Kier molecular flexibility index (Phi) is 4.47. The standard InChI is InChI=1S/C20H20N2O2/c1-13-7-8-14(2)18(11-13)21-19(23)10-9-16-12-15-5-3-4-6-17(15)22-20(16)24/h3-8,11-12H,9-10H2,1-2H3,(H,21,23)(H,22,24). The van der Waals surface area contributed by atoms with E-state index in [0.717, 1.165) is 27.7 Å². The van der Waals surface area contributed by atoms with Crippen molar-refractivity contribution in [3.63, 3.8) is 0 Å². The molecule has 4 nitrogen and oxygen atoms in total. The van der Waals surface area contributed by atoms with Gasteiger partial charge in [0.25, 0.3) is 5.56 Å². The summed E-state index contributed by atoms with van der Waals surface area (Å²) in [5.74, 6) is -0.0868. The average Bonchev–Trinajstić information content (AvgIpc) is 2.56. The second kappa shape index (κ2) is 6.71. The van der Waals surface area contributed by atoms with E-state index in [1.54, 1.807) is 0 Å². The maximum Gasteiger partial charge on any atom is 0.251 e. The number of aromatic nitrogens is 1. The lowest BCUT2D eigenvalue weighted by molar-refractivity contribution is -0.116. The largest absolute Gasteiger partial charge is 0.326 e. The lowest BCUT2D eigenvalue weighted by Gasteiger charge is -2.09. The molecule has 0 aliphatic heterocycles. The third-order valence-electron chi connectivity index (χ3n) is 4.12. The van der Waals surface area contributed by atoms with Crippen LogP contribution in [-0.2, 0) is 11.2 Å². The van der Waals surface area contributed by atoms with Gasteiger partial charge in [-0.2, -0.15) is 0 Å². The summed E-state index contributed by atoms with van der Waals surface area (Å²) in [5, 5.41) is 3.90. The minimum atomic E-state index is -0.131. The summed E-state index contributed by atoms with van der Waals surface area (Å²) in [7, 11) is 0. The maximum atomic E-state index is 12.2. The summed E-state index contributed by atoms with van der Waals surface area (Å²) < 4.78 is 0. The second-order valence-electron chi connectivity index (χ2n) is 6.08. The van der Waals surface area contributed by atoms with Gasteiger partial charge in [0, 0.05) is 23.2 Å². The Balaban J connectivity index is 1.71. The van der Waals surface area contributed by atoms with E-state index in [1.165, 1.54) is 0 Å². The Bertz CT molecular complexity index is 957. The van der Waals surface area contributed by atoms with E-state index >= 15 is 0 Å². The minimum Gasteiger partial charge on any atom is -0.326 e. The molecule has 4 heteroatoms. The normalized spacial score (nSPS) is 10.8. The van der Waals surface area contributed by atoms with Gasteiger partial charge in [-0.15, -0.1) is 0 Å². The van der Waals surface area contributed by atoms with E-state index in [-0.39, 0.29) is 17.9 Å². The van der Waals surface area contributed by atoms with Gasteiger partial charge in [0.15, 0.2) is 0 Å². The SMILES string of the molecule is Cc1ccc(C)c(NC(=O)CCc2cc3ccccc3[nH]c2=O)c1. The summed E-state index contributed by atoms with van der Waals surface area (Å²) in [6, 6.07) is 15.4. The molecule has 3 rings (SSSR count). The minimum absolute atomic E-state index is 0.0868. The number of hydrogen-bond donors (Lipinski definition) is 2. The molecule has 122 valence electrons. The first-order valence-electron chi connectivity index (χ1n) is 8.01. The number of benzene rings is 2. The number of aryl methyl sites for hydroxylation is 3. The van der Waals surface area contributed by atoms with Crippen molar-refractivity contribution in [2.45, 2.75) is 26.7 Å². The fourth-order valence-corrected chi connectivity index (χ4v) is 2.71. The summed E-state index contributed by atoms with van der Waals surface area (Å²) in [6.45, 7) is 3.95. The molecule has 0 aliphatic carbocycles. The van der Waals surface area contributed by atoms with Crippen LogP contribution < -0.4 is 10.9 Å². The molecule has 1 aromatic heterocycles. The first-order valence-corrected chi connectivity index (χ1v) is 8.01. The number of rotatable bonds is 4. The van der Waals surface area contributed by atoms with Gasteiger partial charge in [0.05, 0.1) is 0 Å². The van der Waals surface area contributed by atoms with Crippen LogP contribution in [0.3, 0.4) is 0 Å². The number of fused-ring (bicyclic) bond motifs is 1. The summed E-state index contributed by atoms with van der Waals surface area (Å²) in [4.78, 5) is 27.2. The fraction of sp³-hybridized carbons (Fsp3) is 0.200. The van der Waals surface area contributed by atoms with Crippen LogP contribution in [0.25, 0.3) is 10.9 Å². The lowest BCUT2D eigenvalue weighted by Crippen LogP contribution is -2.17. The molecule has 0 saturated heterocycles. The zero-order valence-electron chi connectivity index (χ0n) is 13.8. The Hall–Kier alpha value is -2.88. The van der Waals surface area contributed by atoms with Crippen LogP contribution in [0.1, 0.15) is 23.1 Å². The molecule has 1 amide bonds. The van der Waals surface area contributed by atoms with E-state index in [1.807, 2.05) is 62.4 Å². The molecule has 2 aromatic carbocycles. The quantitative estimate of drug-likeness (QED) is 0.769. The molecule has 0 radical (unpaired) electrons. The first-order chi connectivity index (χ1) is 11.5. The molecular weight excluding hydrogens is 300 g/mol. The van der Waals surface area contributed by atoms with E-state index in [2.05, 4.69) is 10.3 Å². The predicted octanol–water partition coefficient (Wildman–Crippen LogP) is 3.72. The highest BCUT2D eigenvalue weighted by Gasteiger charge is 2.08. The summed E-state index contributed by atoms with van der Waals surface area (Å²) in [6.07, 6.45) is 0.686. The van der Waals surface area contributed by atoms with Crippen molar-refractivity contribution in [3.8, 4) is 0 Å². The van der Waals surface area contributed by atoms with Crippen LogP contribution in [0.15, 0.2) is 53.3 Å². The van der Waals surface area contributed by atoms with Gasteiger partial charge in [0.2, 0.25) is 5.91 Å². The van der Waals surface area contributed by atoms with Crippen molar-refractivity contribution in [3.05, 3.63) is 75.6 Å². The summed E-state index contributed by atoms with van der Waals surface area (Å²) >= 11 is 0. The Morgan fingerprint density at radius 2 is 1.88 bits per heavy atom. The zero-order chi connectivity index (χ0) is 17.1. The van der Waals surface area contributed by atoms with Crippen molar-refractivity contribution in [2.24, 2.45) is 0 Å². The van der Waals surface area contributed by atoms with E-state index in [9.17, 15) is 9.59 Å². The molecular formula is C20H20N2O2. The Morgan fingerprint density at radius 3 is 2.71 bits per heavy atom. The average molecular weight is 320 g/mol. The molecule has 0 bridgehead atoms.